The van der Waals surface area contributed by atoms with Crippen LogP contribution >= 0.6 is 0 Å². The van der Waals surface area contributed by atoms with E-state index in [1.54, 1.807) is 0 Å². The summed E-state index contributed by atoms with van der Waals surface area (Å²) in [5.41, 5.74) is 22.7. The molecule has 58 heavy (non-hydrogen) atoms. The van der Waals surface area contributed by atoms with Crippen LogP contribution in [0.5, 0.6) is 0 Å². The molecule has 0 spiro atoms. The summed E-state index contributed by atoms with van der Waals surface area (Å²) in [5.74, 6) is 0. The van der Waals surface area contributed by atoms with E-state index < -0.39 is 0 Å². The Hall–Kier alpha value is -6.24. The first-order valence-electron chi connectivity index (χ1n) is 21.0. The van der Waals surface area contributed by atoms with Crippen LogP contribution in [0.3, 0.4) is 0 Å². The van der Waals surface area contributed by atoms with Crippen molar-refractivity contribution >= 4 is 32.3 Å². The van der Waals surface area contributed by atoms with Crippen molar-refractivity contribution in [2.24, 2.45) is 0 Å². The lowest BCUT2D eigenvalue weighted by molar-refractivity contribution is 0.660. The second kappa shape index (κ2) is 11.2. The Morgan fingerprint density at radius 2 is 0.672 bits per heavy atom. The summed E-state index contributed by atoms with van der Waals surface area (Å²) in [6.07, 6.45) is 0. The number of fused-ring (bicyclic) bond motifs is 9. The van der Waals surface area contributed by atoms with Crippen molar-refractivity contribution in [3.05, 3.63) is 191 Å². The van der Waals surface area contributed by atoms with Crippen LogP contribution in [0.2, 0.25) is 0 Å². The minimum atomic E-state index is -0.196. The maximum absolute atomic E-state index is 2.53. The summed E-state index contributed by atoms with van der Waals surface area (Å²) in [6.45, 7) is 16.5. The second-order valence-electron chi connectivity index (χ2n) is 19.0. The summed E-state index contributed by atoms with van der Waals surface area (Å²) in [4.78, 5) is 0. The molecule has 0 unspecified atom stereocenters. The van der Waals surface area contributed by atoms with Crippen LogP contribution in [0, 0.1) is 6.92 Å². The fourth-order valence-electron chi connectivity index (χ4n) is 11.4. The van der Waals surface area contributed by atoms with Crippen molar-refractivity contribution in [3.8, 4) is 55.6 Å². The van der Waals surface area contributed by atoms with Gasteiger partial charge < -0.3 is 0 Å². The van der Waals surface area contributed by atoms with E-state index in [1.807, 2.05) is 0 Å². The van der Waals surface area contributed by atoms with E-state index in [9.17, 15) is 0 Å². The molecule has 9 aromatic rings. The predicted octanol–water partition coefficient (Wildman–Crippen LogP) is 15.7. The van der Waals surface area contributed by atoms with Crippen LogP contribution in [0.1, 0.15) is 80.5 Å². The van der Waals surface area contributed by atoms with Gasteiger partial charge in [-0.25, -0.2) is 0 Å². The molecule has 0 bridgehead atoms. The maximum atomic E-state index is 2.53. The third kappa shape index (κ3) is 4.36. The third-order valence-electron chi connectivity index (χ3n) is 14.7. The zero-order valence-electron chi connectivity index (χ0n) is 34.4. The van der Waals surface area contributed by atoms with Crippen molar-refractivity contribution in [1.29, 1.82) is 0 Å². The zero-order chi connectivity index (χ0) is 39.5. The summed E-state index contributed by atoms with van der Waals surface area (Å²) < 4.78 is 0. The van der Waals surface area contributed by atoms with E-state index in [2.05, 4.69) is 200 Å². The molecule has 0 fully saturated rings. The third-order valence-corrected chi connectivity index (χ3v) is 14.7. The molecule has 0 atom stereocenters. The van der Waals surface area contributed by atoms with Crippen molar-refractivity contribution in [2.45, 2.75) is 64.7 Å². The summed E-state index contributed by atoms with van der Waals surface area (Å²) >= 11 is 0. The van der Waals surface area contributed by atoms with Gasteiger partial charge in [-0.2, -0.15) is 0 Å². The number of hydrogen-bond donors (Lipinski definition) is 0. The molecule has 0 aliphatic heterocycles. The topological polar surface area (TPSA) is 0 Å². The highest BCUT2D eigenvalue weighted by atomic mass is 14.4. The monoisotopic (exact) mass is 742 g/mol. The molecular formula is C58H46. The first-order valence-corrected chi connectivity index (χ1v) is 21.0. The lowest BCUT2D eigenvalue weighted by Crippen LogP contribution is -2.15. The van der Waals surface area contributed by atoms with Gasteiger partial charge in [0.15, 0.2) is 0 Å². The van der Waals surface area contributed by atoms with E-state index in [0.29, 0.717) is 0 Å². The van der Waals surface area contributed by atoms with Gasteiger partial charge in [0.25, 0.3) is 0 Å². The van der Waals surface area contributed by atoms with Crippen molar-refractivity contribution in [1.82, 2.24) is 0 Å². The van der Waals surface area contributed by atoms with Gasteiger partial charge in [-0.1, -0.05) is 156 Å². The molecule has 9 aromatic carbocycles. The van der Waals surface area contributed by atoms with Crippen LogP contribution in [0.4, 0.5) is 0 Å². The van der Waals surface area contributed by atoms with Gasteiger partial charge in [0.1, 0.15) is 0 Å². The molecule has 0 N–H and O–H groups in total. The molecule has 0 amide bonds. The lowest BCUT2D eigenvalue weighted by Gasteiger charge is -2.24. The molecule has 0 aromatic heterocycles. The summed E-state index contributed by atoms with van der Waals surface area (Å²) in [5, 5.41) is 8.17. The zero-order valence-corrected chi connectivity index (χ0v) is 34.4. The molecule has 0 saturated carbocycles. The molecule has 3 aliphatic carbocycles. The first kappa shape index (κ1) is 33.9. The van der Waals surface area contributed by atoms with Gasteiger partial charge >= 0.3 is 0 Å². The highest BCUT2D eigenvalue weighted by Gasteiger charge is 2.39. The van der Waals surface area contributed by atoms with Crippen LogP contribution < -0.4 is 0 Å². The maximum Gasteiger partial charge on any atom is 0.0159 e. The standard InChI is InChI=1S/C58H46/c1-33-16-18-34(19-17-33)35-20-23-40-43(26-35)47-30-39(37-22-25-51-45(28-37)42-13-9-11-15-49(42)57(51,4)5)32-53-55(47)54-46(40)29-38(31-52(54)58(53,6)7)36-21-24-50-44(27-36)41-12-8-10-14-48(41)56(50,2)3/h8-32H,1-7H3. The summed E-state index contributed by atoms with van der Waals surface area (Å²) in [6, 6.07) is 58.7. The number of rotatable bonds is 3. The van der Waals surface area contributed by atoms with Gasteiger partial charge in [0.2, 0.25) is 0 Å². The minimum Gasteiger partial charge on any atom is -0.0619 e. The van der Waals surface area contributed by atoms with Gasteiger partial charge in [-0.15, -0.1) is 0 Å². The van der Waals surface area contributed by atoms with Gasteiger partial charge in [0.05, 0.1) is 0 Å². The van der Waals surface area contributed by atoms with Gasteiger partial charge in [0, 0.05) is 16.2 Å². The quantitative estimate of drug-likeness (QED) is 0.158. The Bertz CT molecular complexity index is 3290. The molecule has 0 heteroatoms. The largest absolute Gasteiger partial charge is 0.0619 e. The van der Waals surface area contributed by atoms with E-state index in [4.69, 9.17) is 0 Å². The average molecular weight is 743 g/mol. The van der Waals surface area contributed by atoms with E-state index in [0.717, 1.165) is 0 Å². The highest BCUT2D eigenvalue weighted by Crippen LogP contribution is 2.56. The molecule has 0 heterocycles. The molecule has 0 radical (unpaired) electrons. The van der Waals surface area contributed by atoms with Crippen LogP contribution in [-0.2, 0) is 16.2 Å². The van der Waals surface area contributed by atoms with Gasteiger partial charge in [-0.05, 0) is 171 Å². The SMILES string of the molecule is Cc1ccc(-c2ccc3c(c2)c2cc(-c4ccc5c(c4)-c4ccccc4C5(C)C)cc4c2c2c(cc(-c5ccc6c(c5)-c5ccccc5C6(C)C)cc32)C4(C)C)cc1. The summed E-state index contributed by atoms with van der Waals surface area (Å²) in [7, 11) is 0. The normalized spacial score (nSPS) is 15.9. The molecule has 278 valence electrons. The molecule has 0 nitrogen and oxygen atoms in total. The average Bonchev–Trinajstić information content (AvgIpc) is 3.72. The van der Waals surface area contributed by atoms with Crippen molar-refractivity contribution in [3.63, 3.8) is 0 Å². The van der Waals surface area contributed by atoms with E-state index in [1.165, 1.54) is 127 Å². The molecular weight excluding hydrogens is 697 g/mol. The van der Waals surface area contributed by atoms with Crippen molar-refractivity contribution < 1.29 is 0 Å². The Morgan fingerprint density at radius 3 is 1.21 bits per heavy atom. The van der Waals surface area contributed by atoms with Crippen molar-refractivity contribution in [2.75, 3.05) is 0 Å². The lowest BCUT2D eigenvalue weighted by atomic mass is 9.79. The Kier molecular flexibility index (Phi) is 6.56. The smallest absolute Gasteiger partial charge is 0.0159 e. The van der Waals surface area contributed by atoms with Gasteiger partial charge in [-0.3, -0.25) is 0 Å². The molecule has 3 aliphatic rings. The highest BCUT2D eigenvalue weighted by molar-refractivity contribution is 6.30. The number of aryl methyl sites for hydroxylation is 1. The predicted molar refractivity (Wildman–Crippen MR) is 247 cm³/mol. The fraction of sp³-hybridized carbons (Fsp3) is 0.172. The minimum absolute atomic E-state index is 0.0152. The number of hydrogen-bond acceptors (Lipinski definition) is 0. The van der Waals surface area contributed by atoms with Crippen LogP contribution in [0.25, 0.3) is 88.0 Å². The van der Waals surface area contributed by atoms with Crippen LogP contribution in [-0.4, -0.2) is 0 Å². The Labute approximate surface area is 341 Å². The molecule has 12 rings (SSSR count). The first-order chi connectivity index (χ1) is 27.9. The van der Waals surface area contributed by atoms with Crippen LogP contribution in [0.15, 0.2) is 152 Å². The second-order valence-corrected chi connectivity index (χ2v) is 19.0. The van der Waals surface area contributed by atoms with E-state index in [-0.39, 0.29) is 16.2 Å². The van der Waals surface area contributed by atoms with E-state index >= 15 is 0 Å². The Balaban J connectivity index is 1.12. The Morgan fingerprint density at radius 1 is 0.276 bits per heavy atom. The molecule has 0 saturated heterocycles. The fourth-order valence-corrected chi connectivity index (χ4v) is 11.4. The number of benzene rings is 9.